The van der Waals surface area contributed by atoms with E-state index in [2.05, 4.69) is 20.8 Å². The van der Waals surface area contributed by atoms with Crippen molar-refractivity contribution >= 4 is 11.6 Å². The smallest absolute Gasteiger partial charge is 0.262 e. The Morgan fingerprint density at radius 1 is 1.21 bits per heavy atom. The molecule has 122 valence electrons. The van der Waals surface area contributed by atoms with Gasteiger partial charge in [0.2, 0.25) is 0 Å². The molecule has 0 radical (unpaired) electrons. The summed E-state index contributed by atoms with van der Waals surface area (Å²) in [6.07, 6.45) is 1.49. The van der Waals surface area contributed by atoms with E-state index in [9.17, 15) is 4.79 Å². The molecule has 7 heteroatoms. The number of aryl methyl sites for hydroxylation is 2. The highest BCUT2D eigenvalue weighted by Crippen LogP contribution is 2.19. The van der Waals surface area contributed by atoms with Crippen molar-refractivity contribution in [2.24, 2.45) is 0 Å². The second-order valence-electron chi connectivity index (χ2n) is 5.41. The van der Waals surface area contributed by atoms with Crippen LogP contribution in [0.25, 0.3) is 5.69 Å². The number of carbonyl (C=O) groups is 1. The lowest BCUT2D eigenvalue weighted by atomic mass is 10.1. The Labute approximate surface area is 139 Å². The number of amides is 1. The molecule has 3 aromatic rings. The van der Waals surface area contributed by atoms with Crippen LogP contribution in [-0.2, 0) is 4.79 Å². The van der Waals surface area contributed by atoms with Crippen molar-refractivity contribution in [3.8, 4) is 11.4 Å². The number of nitrogens with one attached hydrogen (secondary N) is 1. The lowest BCUT2D eigenvalue weighted by Gasteiger charge is -2.11. The third-order valence-corrected chi connectivity index (χ3v) is 3.45. The highest BCUT2D eigenvalue weighted by atomic mass is 16.5. The second kappa shape index (κ2) is 6.91. The van der Waals surface area contributed by atoms with Crippen LogP contribution in [0, 0.1) is 13.8 Å². The minimum Gasteiger partial charge on any atom is -0.483 e. The molecule has 0 atom stereocenters. The molecule has 1 amide bonds. The third-order valence-electron chi connectivity index (χ3n) is 3.45. The van der Waals surface area contributed by atoms with E-state index in [4.69, 9.17) is 4.74 Å². The molecule has 0 bridgehead atoms. The van der Waals surface area contributed by atoms with Crippen molar-refractivity contribution in [1.82, 2.24) is 20.2 Å². The molecular weight excluding hydrogens is 306 g/mol. The third kappa shape index (κ3) is 3.75. The summed E-state index contributed by atoms with van der Waals surface area (Å²) in [5, 5.41) is 13.8. The van der Waals surface area contributed by atoms with Gasteiger partial charge >= 0.3 is 0 Å². The highest BCUT2D eigenvalue weighted by molar-refractivity contribution is 5.92. The van der Waals surface area contributed by atoms with Gasteiger partial charge in [-0.05, 0) is 59.7 Å². The van der Waals surface area contributed by atoms with Gasteiger partial charge in [0.1, 0.15) is 12.1 Å². The number of ether oxygens (including phenoxy) is 1. The Kier molecular flexibility index (Phi) is 4.51. The van der Waals surface area contributed by atoms with E-state index in [-0.39, 0.29) is 12.5 Å². The van der Waals surface area contributed by atoms with Crippen LogP contribution in [0.1, 0.15) is 11.1 Å². The maximum Gasteiger partial charge on any atom is 0.262 e. The van der Waals surface area contributed by atoms with Gasteiger partial charge in [-0.1, -0.05) is 18.2 Å². The van der Waals surface area contributed by atoms with Gasteiger partial charge in [0.05, 0.1) is 5.69 Å². The molecule has 1 aromatic heterocycles. The summed E-state index contributed by atoms with van der Waals surface area (Å²) in [5.74, 6) is 0.484. The minimum atomic E-state index is -0.232. The lowest BCUT2D eigenvalue weighted by molar-refractivity contribution is -0.118. The number of anilines is 1. The number of benzene rings is 2. The number of hydrogen-bond acceptors (Lipinski definition) is 5. The van der Waals surface area contributed by atoms with Crippen LogP contribution >= 0.6 is 0 Å². The Morgan fingerprint density at radius 3 is 2.88 bits per heavy atom. The summed E-state index contributed by atoms with van der Waals surface area (Å²) in [5.41, 5.74) is 3.49. The van der Waals surface area contributed by atoms with Crippen molar-refractivity contribution in [3.05, 3.63) is 59.9 Å². The quantitative estimate of drug-likeness (QED) is 0.779. The molecule has 0 aliphatic rings. The van der Waals surface area contributed by atoms with Crippen LogP contribution in [-0.4, -0.2) is 32.7 Å². The molecule has 1 N–H and O–H groups in total. The standard InChI is InChI=1S/C17H17N5O2/c1-12-6-7-13(2)16(8-12)24-10-17(23)19-14-4-3-5-15(9-14)22-11-18-20-21-22/h3-9,11H,10H2,1-2H3,(H,19,23). The Balaban J connectivity index is 1.63. The van der Waals surface area contributed by atoms with E-state index in [1.165, 1.54) is 11.0 Å². The van der Waals surface area contributed by atoms with Gasteiger partial charge in [0.25, 0.3) is 5.91 Å². The first-order valence-corrected chi connectivity index (χ1v) is 7.45. The molecule has 7 nitrogen and oxygen atoms in total. The maximum absolute atomic E-state index is 12.1. The lowest BCUT2D eigenvalue weighted by Crippen LogP contribution is -2.20. The summed E-state index contributed by atoms with van der Waals surface area (Å²) < 4.78 is 7.12. The molecule has 3 rings (SSSR count). The van der Waals surface area contributed by atoms with Crippen molar-refractivity contribution in [2.75, 3.05) is 11.9 Å². The number of rotatable bonds is 5. The summed E-state index contributed by atoms with van der Waals surface area (Å²) >= 11 is 0. The molecule has 2 aromatic carbocycles. The topological polar surface area (TPSA) is 81.9 Å². The van der Waals surface area contributed by atoms with Gasteiger partial charge in [0, 0.05) is 5.69 Å². The zero-order valence-electron chi connectivity index (χ0n) is 13.4. The molecule has 1 heterocycles. The zero-order chi connectivity index (χ0) is 16.9. The Morgan fingerprint density at radius 2 is 2.08 bits per heavy atom. The SMILES string of the molecule is Cc1ccc(C)c(OCC(=O)Nc2cccc(-n3cnnn3)c2)c1. The predicted octanol–water partition coefficient (Wildman–Crippen LogP) is 2.30. The van der Waals surface area contributed by atoms with Gasteiger partial charge in [-0.2, -0.15) is 0 Å². The van der Waals surface area contributed by atoms with Crippen LogP contribution in [0.3, 0.4) is 0 Å². The fourth-order valence-electron chi connectivity index (χ4n) is 2.21. The molecule has 0 aliphatic carbocycles. The Bertz CT molecular complexity index is 846. The number of hydrogen-bond donors (Lipinski definition) is 1. The summed E-state index contributed by atoms with van der Waals surface area (Å²) in [7, 11) is 0. The molecule has 0 unspecified atom stereocenters. The number of aromatic nitrogens is 4. The molecule has 0 spiro atoms. The molecule has 0 fully saturated rings. The van der Waals surface area contributed by atoms with Gasteiger partial charge in [-0.15, -0.1) is 5.10 Å². The van der Waals surface area contributed by atoms with Gasteiger partial charge in [-0.25, -0.2) is 4.68 Å². The fraction of sp³-hybridized carbons (Fsp3) is 0.176. The first-order valence-electron chi connectivity index (χ1n) is 7.45. The maximum atomic E-state index is 12.1. The van der Waals surface area contributed by atoms with Crippen molar-refractivity contribution in [3.63, 3.8) is 0 Å². The van der Waals surface area contributed by atoms with Crippen molar-refractivity contribution in [1.29, 1.82) is 0 Å². The normalized spacial score (nSPS) is 10.4. The summed E-state index contributed by atoms with van der Waals surface area (Å²) in [6, 6.07) is 13.1. The first-order chi connectivity index (χ1) is 11.6. The molecule has 24 heavy (non-hydrogen) atoms. The average molecular weight is 323 g/mol. The largest absolute Gasteiger partial charge is 0.483 e. The van der Waals surface area contributed by atoms with Crippen LogP contribution in [0.15, 0.2) is 48.8 Å². The number of tetrazole rings is 1. The average Bonchev–Trinajstić information content (AvgIpc) is 3.10. The van der Waals surface area contributed by atoms with E-state index < -0.39 is 0 Å². The van der Waals surface area contributed by atoms with Crippen molar-refractivity contribution < 1.29 is 9.53 Å². The van der Waals surface area contributed by atoms with Crippen molar-refractivity contribution in [2.45, 2.75) is 13.8 Å². The van der Waals surface area contributed by atoms with E-state index in [0.717, 1.165) is 16.8 Å². The molecule has 0 saturated carbocycles. The second-order valence-corrected chi connectivity index (χ2v) is 5.41. The van der Waals surface area contributed by atoms with Crippen LogP contribution < -0.4 is 10.1 Å². The van der Waals surface area contributed by atoms with E-state index in [1.807, 2.05) is 44.2 Å². The number of carbonyl (C=O) groups excluding carboxylic acids is 1. The Hall–Kier alpha value is -3.22. The molecule has 0 saturated heterocycles. The minimum absolute atomic E-state index is 0.0561. The van der Waals surface area contributed by atoms with Crippen LogP contribution in [0.2, 0.25) is 0 Å². The zero-order valence-corrected chi connectivity index (χ0v) is 13.4. The first kappa shape index (κ1) is 15.7. The monoisotopic (exact) mass is 323 g/mol. The van der Waals surface area contributed by atoms with Gasteiger partial charge in [0.15, 0.2) is 6.61 Å². The van der Waals surface area contributed by atoms with E-state index in [0.29, 0.717) is 11.4 Å². The predicted molar refractivity (Wildman–Crippen MR) is 89.2 cm³/mol. The van der Waals surface area contributed by atoms with E-state index in [1.54, 1.807) is 12.1 Å². The summed E-state index contributed by atoms with van der Waals surface area (Å²) in [6.45, 7) is 3.87. The van der Waals surface area contributed by atoms with Crippen LogP contribution in [0.5, 0.6) is 5.75 Å². The molecule has 0 aliphatic heterocycles. The molecular formula is C17H17N5O2. The highest BCUT2D eigenvalue weighted by Gasteiger charge is 2.07. The van der Waals surface area contributed by atoms with E-state index >= 15 is 0 Å². The van der Waals surface area contributed by atoms with Gasteiger partial charge in [-0.3, -0.25) is 4.79 Å². The summed E-state index contributed by atoms with van der Waals surface area (Å²) in [4.78, 5) is 12.1. The number of nitrogens with zero attached hydrogens (tertiary/aromatic N) is 4. The van der Waals surface area contributed by atoms with Crippen LogP contribution in [0.4, 0.5) is 5.69 Å². The fourth-order valence-corrected chi connectivity index (χ4v) is 2.21. The van der Waals surface area contributed by atoms with Gasteiger partial charge < -0.3 is 10.1 Å².